The first-order valence-electron chi connectivity index (χ1n) is 11.0. The van der Waals surface area contributed by atoms with Crippen LogP contribution in [0.2, 0.25) is 0 Å². The van der Waals surface area contributed by atoms with Crippen LogP contribution in [0.4, 0.5) is 0 Å². The molecular formula is C24H40O3. The van der Waals surface area contributed by atoms with Crippen LogP contribution >= 0.6 is 0 Å². The minimum Gasteiger partial charge on any atom is -0.500 e. The summed E-state index contributed by atoms with van der Waals surface area (Å²) in [6.45, 7) is 9.03. The molecule has 0 radical (unpaired) electrons. The van der Waals surface area contributed by atoms with E-state index >= 15 is 0 Å². The Hall–Kier alpha value is -0.960. The molecular weight excluding hydrogens is 336 g/mol. The van der Waals surface area contributed by atoms with Gasteiger partial charge in [0.2, 0.25) is 0 Å². The molecule has 154 valence electrons. The Kier molecular flexibility index (Phi) is 5.74. The number of ether oxygens (including phenoxy) is 2. The van der Waals surface area contributed by atoms with E-state index in [-0.39, 0.29) is 10.8 Å². The maximum atomic E-state index is 12.4. The number of allylic oxidation sites excluding steroid dienone is 2. The third-order valence-electron chi connectivity index (χ3n) is 8.23. The van der Waals surface area contributed by atoms with Gasteiger partial charge in [-0.25, -0.2) is 0 Å². The molecule has 3 rings (SSSR count). The molecule has 0 aromatic heterocycles. The number of unbranched alkanes of at least 4 members (excludes halogenated alkanes) is 3. The molecule has 3 heteroatoms. The summed E-state index contributed by atoms with van der Waals surface area (Å²) in [5.74, 6) is 2.72. The lowest BCUT2D eigenvalue weighted by Gasteiger charge is -2.53. The van der Waals surface area contributed by atoms with Gasteiger partial charge in [-0.3, -0.25) is 0 Å². The van der Waals surface area contributed by atoms with Crippen molar-refractivity contribution < 1.29 is 14.6 Å². The number of hydrogen-bond donors (Lipinski definition) is 1. The smallest absolute Gasteiger partial charge is 0.124 e. The predicted octanol–water partition coefficient (Wildman–Crippen LogP) is 5.98. The Morgan fingerprint density at radius 2 is 1.85 bits per heavy atom. The van der Waals surface area contributed by atoms with Gasteiger partial charge in [-0.15, -0.1) is 0 Å². The van der Waals surface area contributed by atoms with Crippen molar-refractivity contribution in [2.24, 2.45) is 22.7 Å². The number of rotatable bonds is 8. The number of hydrogen-bond acceptors (Lipinski definition) is 3. The summed E-state index contributed by atoms with van der Waals surface area (Å²) in [5, 5.41) is 12.4. The van der Waals surface area contributed by atoms with Crippen LogP contribution in [0.15, 0.2) is 23.2 Å². The third kappa shape index (κ3) is 2.96. The molecule has 1 N–H and O–H groups in total. The molecule has 0 aromatic rings. The summed E-state index contributed by atoms with van der Waals surface area (Å²) in [6.07, 6.45) is 12.7. The molecule has 3 unspecified atom stereocenters. The molecule has 4 atom stereocenters. The molecule has 2 saturated carbocycles. The second kappa shape index (κ2) is 7.46. The van der Waals surface area contributed by atoms with Crippen molar-refractivity contribution in [1.29, 1.82) is 0 Å². The van der Waals surface area contributed by atoms with Gasteiger partial charge in [0.05, 0.1) is 19.8 Å². The highest BCUT2D eigenvalue weighted by Gasteiger charge is 2.71. The second-order valence-electron chi connectivity index (χ2n) is 9.93. The first kappa shape index (κ1) is 20.8. The number of fused-ring (bicyclic) bond motifs is 2. The van der Waals surface area contributed by atoms with Crippen LogP contribution < -0.4 is 0 Å². The van der Waals surface area contributed by atoms with E-state index in [9.17, 15) is 5.11 Å². The van der Waals surface area contributed by atoms with Crippen LogP contribution in [-0.4, -0.2) is 24.9 Å². The van der Waals surface area contributed by atoms with Crippen molar-refractivity contribution in [3.63, 3.8) is 0 Å². The van der Waals surface area contributed by atoms with Crippen molar-refractivity contribution in [1.82, 2.24) is 0 Å². The summed E-state index contributed by atoms with van der Waals surface area (Å²) in [7, 11) is 3.51. The highest BCUT2D eigenvalue weighted by atomic mass is 16.5. The average Bonchev–Trinajstić information content (AvgIpc) is 3.13. The molecule has 0 saturated heterocycles. The molecule has 2 bridgehead atoms. The molecule has 27 heavy (non-hydrogen) atoms. The molecule has 0 spiro atoms. The zero-order valence-corrected chi connectivity index (χ0v) is 18.4. The van der Waals surface area contributed by atoms with Gasteiger partial charge >= 0.3 is 0 Å². The van der Waals surface area contributed by atoms with Crippen molar-refractivity contribution in [2.75, 3.05) is 14.2 Å². The lowest BCUT2D eigenvalue weighted by molar-refractivity contribution is -0.118. The molecule has 0 heterocycles. The summed E-state index contributed by atoms with van der Waals surface area (Å²) >= 11 is 0. The SMILES string of the molecule is CCCCCCC1CC=C(OC)C([C@@]2(O)C3(C)CCC(C3)C2(C)C)=C1OC. The Labute approximate surface area is 166 Å². The third-order valence-corrected chi connectivity index (χ3v) is 8.23. The van der Waals surface area contributed by atoms with E-state index in [0.717, 1.165) is 42.8 Å². The van der Waals surface area contributed by atoms with E-state index in [1.165, 1.54) is 32.1 Å². The molecule has 3 aliphatic carbocycles. The van der Waals surface area contributed by atoms with Crippen LogP contribution in [0.1, 0.15) is 85.5 Å². The lowest BCUT2D eigenvalue weighted by Crippen LogP contribution is -2.56. The maximum Gasteiger partial charge on any atom is 0.124 e. The van der Waals surface area contributed by atoms with Crippen LogP contribution in [0.5, 0.6) is 0 Å². The van der Waals surface area contributed by atoms with Crippen LogP contribution in [0.25, 0.3) is 0 Å². The molecule has 3 nitrogen and oxygen atoms in total. The van der Waals surface area contributed by atoms with Crippen molar-refractivity contribution >= 4 is 0 Å². The Balaban J connectivity index is 2.02. The van der Waals surface area contributed by atoms with Crippen LogP contribution in [-0.2, 0) is 9.47 Å². The van der Waals surface area contributed by atoms with Gasteiger partial charge in [0.15, 0.2) is 0 Å². The summed E-state index contributed by atoms with van der Waals surface area (Å²) in [4.78, 5) is 0. The van der Waals surface area contributed by atoms with Crippen molar-refractivity contribution in [3.05, 3.63) is 23.2 Å². The Morgan fingerprint density at radius 3 is 2.41 bits per heavy atom. The fourth-order valence-corrected chi connectivity index (χ4v) is 6.54. The van der Waals surface area contributed by atoms with Gasteiger partial charge in [0.25, 0.3) is 0 Å². The van der Waals surface area contributed by atoms with Gasteiger partial charge in [0.1, 0.15) is 17.1 Å². The molecule has 0 aromatic carbocycles. The second-order valence-corrected chi connectivity index (χ2v) is 9.93. The van der Waals surface area contributed by atoms with E-state index in [4.69, 9.17) is 9.47 Å². The zero-order valence-electron chi connectivity index (χ0n) is 18.4. The van der Waals surface area contributed by atoms with Gasteiger partial charge in [-0.1, -0.05) is 53.4 Å². The quantitative estimate of drug-likeness (QED) is 0.529. The fourth-order valence-electron chi connectivity index (χ4n) is 6.54. The molecule has 0 aliphatic heterocycles. The van der Waals surface area contributed by atoms with E-state index in [2.05, 4.69) is 33.8 Å². The average molecular weight is 377 g/mol. The first-order chi connectivity index (χ1) is 12.8. The Morgan fingerprint density at radius 1 is 1.11 bits per heavy atom. The van der Waals surface area contributed by atoms with Gasteiger partial charge in [0, 0.05) is 16.7 Å². The summed E-state index contributed by atoms with van der Waals surface area (Å²) in [6, 6.07) is 0. The molecule has 3 aliphatic rings. The number of methoxy groups -OCH3 is 2. The van der Waals surface area contributed by atoms with Crippen LogP contribution in [0, 0.1) is 22.7 Å². The maximum absolute atomic E-state index is 12.4. The minimum atomic E-state index is -0.905. The standard InChI is InChI=1S/C24H40O3/c1-7-8-9-10-11-17-12-13-19(26-5)20(21(17)27-6)24(25)22(2,3)18-14-15-23(24,4)16-18/h13,17-18,25H,7-12,14-16H2,1-6H3/t17?,18?,23?,24-/m0/s1. The fraction of sp³-hybridized carbons (Fsp3) is 0.833. The van der Waals surface area contributed by atoms with E-state index in [0.29, 0.717) is 11.8 Å². The zero-order chi connectivity index (χ0) is 19.9. The number of aliphatic hydroxyl groups is 1. The topological polar surface area (TPSA) is 38.7 Å². The van der Waals surface area contributed by atoms with Crippen molar-refractivity contribution in [2.45, 2.75) is 91.1 Å². The van der Waals surface area contributed by atoms with Crippen molar-refractivity contribution in [3.8, 4) is 0 Å². The van der Waals surface area contributed by atoms with E-state index in [1.54, 1.807) is 14.2 Å². The van der Waals surface area contributed by atoms with Gasteiger partial charge in [-0.2, -0.15) is 0 Å². The monoisotopic (exact) mass is 376 g/mol. The Bertz CT molecular complexity index is 610. The summed E-state index contributed by atoms with van der Waals surface area (Å²) < 4.78 is 11.8. The largest absolute Gasteiger partial charge is 0.500 e. The van der Waals surface area contributed by atoms with E-state index < -0.39 is 5.60 Å². The van der Waals surface area contributed by atoms with Crippen LogP contribution in [0.3, 0.4) is 0 Å². The summed E-state index contributed by atoms with van der Waals surface area (Å²) in [5.41, 5.74) is -0.241. The molecule has 2 fully saturated rings. The van der Waals surface area contributed by atoms with Gasteiger partial charge in [-0.05, 0) is 44.1 Å². The highest BCUT2D eigenvalue weighted by molar-refractivity contribution is 5.47. The normalized spacial score (nSPS) is 37.5. The molecule has 0 amide bonds. The van der Waals surface area contributed by atoms with Gasteiger partial charge < -0.3 is 14.6 Å². The van der Waals surface area contributed by atoms with E-state index in [1.807, 2.05) is 0 Å². The highest BCUT2D eigenvalue weighted by Crippen LogP contribution is 2.71. The minimum absolute atomic E-state index is 0.109. The first-order valence-corrected chi connectivity index (χ1v) is 11.0. The predicted molar refractivity (Wildman–Crippen MR) is 110 cm³/mol. The lowest BCUT2D eigenvalue weighted by atomic mass is 9.56.